The molecule has 1 atom stereocenters. The number of morpholine rings is 1. The van der Waals surface area contributed by atoms with Gasteiger partial charge in [-0.2, -0.15) is 13.2 Å². The predicted octanol–water partition coefficient (Wildman–Crippen LogP) is 1.21. The lowest BCUT2D eigenvalue weighted by atomic mass is 9.88. The molecule has 0 bridgehead atoms. The van der Waals surface area contributed by atoms with Crippen LogP contribution in [0.4, 0.5) is 13.2 Å². The molecule has 12 heteroatoms. The van der Waals surface area contributed by atoms with Crippen LogP contribution in [0.3, 0.4) is 0 Å². The summed E-state index contributed by atoms with van der Waals surface area (Å²) in [6.07, 6.45) is 2.66. The van der Waals surface area contributed by atoms with Gasteiger partial charge in [0.1, 0.15) is 5.69 Å². The second-order valence-corrected chi connectivity index (χ2v) is 7.71. The number of piperidine rings is 1. The maximum Gasteiger partial charge on any atom is 0.490 e. The number of hydrogen-bond acceptors (Lipinski definition) is 7. The first-order valence-electron chi connectivity index (χ1n) is 10.0. The third-order valence-corrected chi connectivity index (χ3v) is 5.69. The normalized spacial score (nSPS) is 23.8. The number of carboxylic acid groups (broad SMARTS) is 1. The van der Waals surface area contributed by atoms with Crippen LogP contribution in [-0.2, 0) is 14.3 Å². The van der Waals surface area contributed by atoms with E-state index in [1.165, 1.54) is 6.20 Å². The molecule has 1 aromatic heterocycles. The van der Waals surface area contributed by atoms with Gasteiger partial charge in [-0.25, -0.2) is 9.78 Å². The number of carboxylic acids is 1. The van der Waals surface area contributed by atoms with Crippen LogP contribution in [-0.4, -0.2) is 101 Å². The zero-order valence-corrected chi connectivity index (χ0v) is 16.9. The van der Waals surface area contributed by atoms with Crippen LogP contribution in [0.5, 0.6) is 0 Å². The summed E-state index contributed by atoms with van der Waals surface area (Å²) in [6, 6.07) is 0.559. The monoisotopic (exact) mass is 446 g/mol. The van der Waals surface area contributed by atoms with Crippen molar-refractivity contribution in [3.63, 3.8) is 0 Å². The fourth-order valence-electron chi connectivity index (χ4n) is 4.00. The minimum Gasteiger partial charge on any atom is -0.475 e. The smallest absolute Gasteiger partial charge is 0.475 e. The molecule has 9 nitrogen and oxygen atoms in total. The van der Waals surface area contributed by atoms with E-state index < -0.39 is 12.1 Å². The lowest BCUT2D eigenvalue weighted by Gasteiger charge is -2.48. The van der Waals surface area contributed by atoms with Crippen molar-refractivity contribution in [2.75, 3.05) is 46.0 Å². The molecule has 0 aliphatic carbocycles. The summed E-state index contributed by atoms with van der Waals surface area (Å²) in [6.45, 7) is 5.63. The van der Waals surface area contributed by atoms with Gasteiger partial charge in [-0.15, -0.1) is 0 Å². The molecule has 1 amide bonds. The van der Waals surface area contributed by atoms with E-state index in [0.29, 0.717) is 31.4 Å². The van der Waals surface area contributed by atoms with Gasteiger partial charge in [0.2, 0.25) is 0 Å². The number of carbonyl (C=O) groups excluding carboxylic acids is 1. The number of amides is 1. The number of hydrogen-bond donors (Lipinski definition) is 1. The van der Waals surface area contributed by atoms with E-state index in [-0.39, 0.29) is 11.5 Å². The number of aliphatic carboxylic acids is 1. The number of aromatic nitrogens is 2. The summed E-state index contributed by atoms with van der Waals surface area (Å²) < 4.78 is 43.4. The molecule has 0 aromatic carbocycles. The Hall–Kier alpha value is -2.31. The fraction of sp³-hybridized carbons (Fsp3) is 0.684. The summed E-state index contributed by atoms with van der Waals surface area (Å²) in [5, 5.41) is 7.12. The maximum atomic E-state index is 12.6. The molecule has 1 aromatic rings. The van der Waals surface area contributed by atoms with Crippen LogP contribution >= 0.6 is 0 Å². The number of likely N-dealkylation sites (tertiary alicyclic amines) is 1. The van der Waals surface area contributed by atoms with Gasteiger partial charge in [-0.05, 0) is 19.3 Å². The Morgan fingerprint density at radius 3 is 2.42 bits per heavy atom. The lowest BCUT2D eigenvalue weighted by molar-refractivity contribution is -0.192. The lowest BCUT2D eigenvalue weighted by Crippen LogP contribution is -2.59. The van der Waals surface area contributed by atoms with Crippen molar-refractivity contribution >= 4 is 11.9 Å². The first-order valence-corrected chi connectivity index (χ1v) is 10.0. The van der Waals surface area contributed by atoms with Crippen LogP contribution in [0, 0.1) is 0 Å². The summed E-state index contributed by atoms with van der Waals surface area (Å²) >= 11 is 0. The van der Waals surface area contributed by atoms with Crippen LogP contribution in [0.15, 0.2) is 18.6 Å². The van der Waals surface area contributed by atoms with E-state index >= 15 is 0 Å². The molecule has 4 heterocycles. The molecule has 172 valence electrons. The molecule has 3 saturated heterocycles. The number of ether oxygens (including phenoxy) is 2. The van der Waals surface area contributed by atoms with Gasteiger partial charge in [-0.1, -0.05) is 0 Å². The zero-order valence-electron chi connectivity index (χ0n) is 16.9. The second-order valence-electron chi connectivity index (χ2n) is 7.71. The van der Waals surface area contributed by atoms with Gasteiger partial charge >= 0.3 is 12.1 Å². The summed E-state index contributed by atoms with van der Waals surface area (Å²) in [7, 11) is 0. The average Bonchev–Trinajstić information content (AvgIpc) is 3.29. The Bertz CT molecular complexity index is 751. The van der Waals surface area contributed by atoms with E-state index in [9.17, 15) is 18.0 Å². The van der Waals surface area contributed by atoms with Crippen molar-refractivity contribution in [2.24, 2.45) is 0 Å². The van der Waals surface area contributed by atoms with Gasteiger partial charge in [0.25, 0.3) is 5.91 Å². The zero-order chi connectivity index (χ0) is 22.5. The number of nitrogens with zero attached hydrogens (tertiary/aromatic N) is 4. The van der Waals surface area contributed by atoms with Gasteiger partial charge in [0, 0.05) is 44.7 Å². The highest BCUT2D eigenvalue weighted by molar-refractivity contribution is 5.92. The molecule has 1 N–H and O–H groups in total. The topological polar surface area (TPSA) is 105 Å². The van der Waals surface area contributed by atoms with Gasteiger partial charge in [0.05, 0.1) is 31.6 Å². The van der Waals surface area contributed by atoms with Crippen molar-refractivity contribution in [3.05, 3.63) is 24.3 Å². The Morgan fingerprint density at radius 1 is 1.16 bits per heavy atom. The first-order chi connectivity index (χ1) is 14.7. The Labute approximate surface area is 177 Å². The number of halogens is 3. The minimum absolute atomic E-state index is 0.0441. The fourth-order valence-corrected chi connectivity index (χ4v) is 4.00. The molecule has 3 aliphatic rings. The highest BCUT2D eigenvalue weighted by atomic mass is 19.4. The maximum absolute atomic E-state index is 12.6. The van der Waals surface area contributed by atoms with Crippen molar-refractivity contribution < 1.29 is 37.3 Å². The van der Waals surface area contributed by atoms with Gasteiger partial charge in [0.15, 0.2) is 0 Å². The van der Waals surface area contributed by atoms with E-state index in [4.69, 9.17) is 19.4 Å². The largest absolute Gasteiger partial charge is 0.490 e. The Balaban J connectivity index is 0.000000339. The van der Waals surface area contributed by atoms with E-state index in [1.54, 1.807) is 12.4 Å². The Morgan fingerprint density at radius 2 is 1.87 bits per heavy atom. The molecule has 0 saturated carbocycles. The highest BCUT2D eigenvalue weighted by Gasteiger charge is 2.42. The molecular weight excluding hydrogens is 421 g/mol. The number of alkyl halides is 3. The van der Waals surface area contributed by atoms with Crippen molar-refractivity contribution in [1.29, 1.82) is 0 Å². The molecule has 31 heavy (non-hydrogen) atoms. The van der Waals surface area contributed by atoms with E-state index in [0.717, 1.165) is 45.6 Å². The van der Waals surface area contributed by atoms with E-state index in [2.05, 4.69) is 14.9 Å². The van der Waals surface area contributed by atoms with Crippen molar-refractivity contribution in [2.45, 2.75) is 37.1 Å². The molecule has 3 fully saturated rings. The Kier molecular flexibility index (Phi) is 7.44. The standard InChI is InChI=1S/C17H24N4O3.C2HF3O2/c22-16(15-11-18-4-5-19-15)21-8-10-24-17(13-21)2-6-20(7-3-17)14-1-9-23-12-14;3-2(4,5)1(6)7/h4-5,11,14H,1-3,6-10,12-13H2;(H,6,7). The average molecular weight is 446 g/mol. The van der Waals surface area contributed by atoms with E-state index in [1.807, 2.05) is 4.90 Å². The second kappa shape index (κ2) is 9.88. The molecular formula is C19H25F3N4O5. The van der Waals surface area contributed by atoms with Gasteiger partial charge in [-0.3, -0.25) is 14.7 Å². The first kappa shape index (κ1) is 23.4. The van der Waals surface area contributed by atoms with Gasteiger partial charge < -0.3 is 19.5 Å². The van der Waals surface area contributed by atoms with Crippen molar-refractivity contribution in [1.82, 2.24) is 19.8 Å². The molecule has 0 radical (unpaired) electrons. The minimum atomic E-state index is -5.08. The number of carbonyl (C=O) groups is 2. The summed E-state index contributed by atoms with van der Waals surface area (Å²) in [5.74, 6) is -2.80. The quantitative estimate of drug-likeness (QED) is 0.723. The van der Waals surface area contributed by atoms with Crippen LogP contribution < -0.4 is 0 Å². The third-order valence-electron chi connectivity index (χ3n) is 5.69. The molecule has 3 aliphatic heterocycles. The third kappa shape index (κ3) is 6.11. The van der Waals surface area contributed by atoms with Crippen molar-refractivity contribution in [3.8, 4) is 0 Å². The van der Waals surface area contributed by atoms with Crippen LogP contribution in [0.25, 0.3) is 0 Å². The molecule has 1 spiro atoms. The highest BCUT2D eigenvalue weighted by Crippen LogP contribution is 2.32. The molecule has 4 rings (SSSR count). The molecule has 1 unspecified atom stereocenters. The van der Waals surface area contributed by atoms with Crippen LogP contribution in [0.1, 0.15) is 29.8 Å². The summed E-state index contributed by atoms with van der Waals surface area (Å²) in [5.41, 5.74) is 0.210. The van der Waals surface area contributed by atoms with Crippen LogP contribution in [0.2, 0.25) is 0 Å². The SMILES string of the molecule is O=C(O)C(F)(F)F.O=C(c1cnccn1)N1CCOC2(CCN(C3CCOC3)CC2)C1. The summed E-state index contributed by atoms with van der Waals surface area (Å²) in [4.78, 5) is 34.1. The number of rotatable bonds is 2. The predicted molar refractivity (Wildman–Crippen MR) is 100 cm³/mol.